The third-order valence-corrected chi connectivity index (χ3v) is 4.64. The van der Waals surface area contributed by atoms with Crippen molar-refractivity contribution in [2.75, 3.05) is 10.8 Å². The zero-order valence-electron chi connectivity index (χ0n) is 10.7. The second-order valence-corrected chi connectivity index (χ2v) is 5.87. The van der Waals surface area contributed by atoms with E-state index in [9.17, 15) is 17.6 Å². The summed E-state index contributed by atoms with van der Waals surface area (Å²) in [5.41, 5.74) is -0.431. The Morgan fingerprint density at radius 1 is 1.20 bits per heavy atom. The highest BCUT2D eigenvalue weighted by atomic mass is 32.2. The second-order valence-electron chi connectivity index (χ2n) is 4.01. The number of halogens is 1. The molecule has 0 saturated heterocycles. The molecule has 0 aliphatic rings. The van der Waals surface area contributed by atoms with E-state index in [1.165, 1.54) is 24.3 Å². The van der Waals surface area contributed by atoms with Crippen LogP contribution in [0.3, 0.4) is 0 Å². The predicted octanol–water partition coefficient (Wildman–Crippen LogP) is 1.73. The Hall–Kier alpha value is -2.15. The fourth-order valence-electron chi connectivity index (χ4n) is 1.81. The fourth-order valence-corrected chi connectivity index (χ4v) is 3.26. The first kappa shape index (κ1) is 14.3. The van der Waals surface area contributed by atoms with E-state index in [1.807, 2.05) is 0 Å². The monoisotopic (exact) mass is 296 g/mol. The van der Waals surface area contributed by atoms with Gasteiger partial charge in [-0.2, -0.15) is 0 Å². The number of nitrogens with zero attached hydrogens (tertiary/aromatic N) is 1. The number of hydrogen-bond acceptors (Lipinski definition) is 3. The van der Waals surface area contributed by atoms with E-state index in [1.54, 1.807) is 13.0 Å². The highest BCUT2D eigenvalue weighted by Gasteiger charge is 2.25. The van der Waals surface area contributed by atoms with Crippen LogP contribution in [0.4, 0.5) is 10.1 Å². The number of sulfonamides is 1. The van der Waals surface area contributed by atoms with Crippen molar-refractivity contribution in [2.45, 2.75) is 11.8 Å². The van der Waals surface area contributed by atoms with Gasteiger partial charge in [0.25, 0.3) is 10.0 Å². The van der Waals surface area contributed by atoms with Crippen LogP contribution in [-0.4, -0.2) is 19.9 Å². The molecule has 0 aliphatic heterocycles. The van der Waals surface area contributed by atoms with Gasteiger partial charge in [0.15, 0.2) is 0 Å². The molecule has 7 heteroatoms. The summed E-state index contributed by atoms with van der Waals surface area (Å²) in [7, 11) is -3.92. The molecule has 0 amide bonds. The van der Waals surface area contributed by atoms with Gasteiger partial charge in [-0.25, -0.2) is 12.8 Å². The van der Waals surface area contributed by atoms with Gasteiger partial charge in [0, 0.05) is 18.8 Å². The number of aromatic amines is 1. The number of nitrogens with one attached hydrogen (secondary N) is 1. The van der Waals surface area contributed by atoms with Crippen LogP contribution in [-0.2, 0) is 10.0 Å². The molecular weight excluding hydrogens is 283 g/mol. The van der Waals surface area contributed by atoms with Crippen LogP contribution in [0.25, 0.3) is 0 Å². The molecule has 0 aliphatic carbocycles. The molecule has 1 aromatic heterocycles. The summed E-state index contributed by atoms with van der Waals surface area (Å²) in [5.74, 6) is -0.623. The molecule has 20 heavy (non-hydrogen) atoms. The Labute approximate surface area is 115 Å². The van der Waals surface area contributed by atoms with Gasteiger partial charge in [-0.1, -0.05) is 12.1 Å². The van der Waals surface area contributed by atoms with Gasteiger partial charge in [-0.15, -0.1) is 0 Å². The normalized spacial score (nSPS) is 11.3. The van der Waals surface area contributed by atoms with Crippen LogP contribution in [0.2, 0.25) is 0 Å². The summed E-state index contributed by atoms with van der Waals surface area (Å²) in [6.45, 7) is 1.68. The van der Waals surface area contributed by atoms with Gasteiger partial charge < -0.3 is 4.98 Å². The summed E-state index contributed by atoms with van der Waals surface area (Å²) in [6.07, 6.45) is 1.10. The zero-order valence-corrected chi connectivity index (χ0v) is 11.5. The molecule has 0 spiro atoms. The van der Waals surface area contributed by atoms with E-state index in [0.29, 0.717) is 0 Å². The third-order valence-electron chi connectivity index (χ3n) is 2.75. The number of H-pyrrole nitrogens is 1. The molecule has 2 aromatic rings. The van der Waals surface area contributed by atoms with Gasteiger partial charge in [0.1, 0.15) is 10.7 Å². The smallest absolute Gasteiger partial charge is 0.265 e. The number of rotatable bonds is 4. The number of aromatic nitrogens is 1. The minimum Gasteiger partial charge on any atom is -0.328 e. The van der Waals surface area contributed by atoms with E-state index in [0.717, 1.165) is 16.6 Å². The Kier molecular flexibility index (Phi) is 3.89. The van der Waals surface area contributed by atoms with E-state index in [-0.39, 0.29) is 17.1 Å². The maximum Gasteiger partial charge on any atom is 0.265 e. The van der Waals surface area contributed by atoms with Crippen LogP contribution in [0.1, 0.15) is 6.92 Å². The van der Waals surface area contributed by atoms with Crippen molar-refractivity contribution in [1.82, 2.24) is 4.98 Å². The molecule has 0 unspecified atom stereocenters. The molecule has 0 bridgehead atoms. The van der Waals surface area contributed by atoms with Gasteiger partial charge in [-0.05, 0) is 25.1 Å². The zero-order chi connectivity index (χ0) is 14.8. The first-order chi connectivity index (χ1) is 9.46. The molecule has 0 saturated carbocycles. The van der Waals surface area contributed by atoms with Gasteiger partial charge in [-0.3, -0.25) is 9.10 Å². The highest BCUT2D eigenvalue weighted by molar-refractivity contribution is 7.92. The highest BCUT2D eigenvalue weighted by Crippen LogP contribution is 2.25. The Balaban J connectivity index is 2.53. The average molecular weight is 296 g/mol. The van der Waals surface area contributed by atoms with E-state index >= 15 is 0 Å². The fraction of sp³-hybridized carbons (Fsp3) is 0.154. The quantitative estimate of drug-likeness (QED) is 0.934. The van der Waals surface area contributed by atoms with E-state index in [2.05, 4.69) is 4.98 Å². The van der Waals surface area contributed by atoms with Crippen LogP contribution >= 0.6 is 0 Å². The second kappa shape index (κ2) is 5.46. The largest absolute Gasteiger partial charge is 0.328 e. The lowest BCUT2D eigenvalue weighted by Gasteiger charge is -2.23. The van der Waals surface area contributed by atoms with Gasteiger partial charge in [0.05, 0.1) is 5.69 Å². The lowest BCUT2D eigenvalue weighted by atomic mass is 10.3. The number of pyridine rings is 1. The summed E-state index contributed by atoms with van der Waals surface area (Å²) in [4.78, 5) is 13.2. The molecule has 1 aromatic carbocycles. The Morgan fingerprint density at radius 3 is 2.45 bits per heavy atom. The Bertz CT molecular complexity index is 751. The standard InChI is InChI=1S/C13H13FN2O3S/c1-2-16(12-6-4-3-5-11(12)14)20(18,19)10-7-8-13(17)15-9-10/h3-9H,2H2,1H3,(H,15,17). The van der Waals surface area contributed by atoms with Crippen molar-refractivity contribution >= 4 is 15.7 Å². The maximum absolute atomic E-state index is 13.8. The van der Waals surface area contributed by atoms with Crippen molar-refractivity contribution in [3.05, 3.63) is 58.8 Å². The summed E-state index contributed by atoms with van der Waals surface area (Å²) >= 11 is 0. The van der Waals surface area contributed by atoms with Crippen molar-refractivity contribution in [3.8, 4) is 0 Å². The lowest BCUT2D eigenvalue weighted by Crippen LogP contribution is -2.31. The average Bonchev–Trinajstić information content (AvgIpc) is 2.42. The topological polar surface area (TPSA) is 70.2 Å². The van der Waals surface area contributed by atoms with E-state index in [4.69, 9.17) is 0 Å². The SMILES string of the molecule is CCN(c1ccccc1F)S(=O)(=O)c1ccc(=O)[nH]c1. The first-order valence-corrected chi connectivity index (χ1v) is 7.37. The van der Waals surface area contributed by atoms with Crippen LogP contribution in [0, 0.1) is 5.82 Å². The number of anilines is 1. The minimum absolute atomic E-state index is 0.0267. The van der Waals surface area contributed by atoms with E-state index < -0.39 is 21.4 Å². The van der Waals surface area contributed by atoms with Crippen molar-refractivity contribution in [1.29, 1.82) is 0 Å². The first-order valence-electron chi connectivity index (χ1n) is 5.93. The molecule has 0 radical (unpaired) electrons. The number of para-hydroxylation sites is 1. The number of benzene rings is 1. The molecule has 2 rings (SSSR count). The summed E-state index contributed by atoms with van der Waals surface area (Å²) in [5, 5.41) is 0. The molecule has 0 atom stereocenters. The lowest BCUT2D eigenvalue weighted by molar-refractivity contribution is 0.586. The minimum atomic E-state index is -3.92. The molecular formula is C13H13FN2O3S. The van der Waals surface area contributed by atoms with Crippen LogP contribution in [0.5, 0.6) is 0 Å². The summed E-state index contributed by atoms with van der Waals surface area (Å²) in [6, 6.07) is 7.94. The predicted molar refractivity (Wildman–Crippen MR) is 73.7 cm³/mol. The van der Waals surface area contributed by atoms with Crippen molar-refractivity contribution < 1.29 is 12.8 Å². The summed E-state index contributed by atoms with van der Waals surface area (Å²) < 4.78 is 39.7. The van der Waals surface area contributed by atoms with Crippen LogP contribution in [0.15, 0.2) is 52.3 Å². The van der Waals surface area contributed by atoms with Gasteiger partial charge >= 0.3 is 0 Å². The molecule has 5 nitrogen and oxygen atoms in total. The van der Waals surface area contributed by atoms with Gasteiger partial charge in [0.2, 0.25) is 5.56 Å². The molecule has 1 N–H and O–H groups in total. The molecule has 1 heterocycles. The van der Waals surface area contributed by atoms with Crippen molar-refractivity contribution in [3.63, 3.8) is 0 Å². The Morgan fingerprint density at radius 2 is 1.90 bits per heavy atom. The molecule has 0 fully saturated rings. The van der Waals surface area contributed by atoms with Crippen LogP contribution < -0.4 is 9.86 Å². The van der Waals surface area contributed by atoms with Crippen molar-refractivity contribution in [2.24, 2.45) is 0 Å². The number of hydrogen-bond donors (Lipinski definition) is 1. The molecule has 106 valence electrons. The maximum atomic E-state index is 13.8. The third kappa shape index (κ3) is 2.57.